The Morgan fingerprint density at radius 3 is 2.61 bits per heavy atom. The van der Waals surface area contributed by atoms with Crippen LogP contribution in [0.4, 0.5) is 0 Å². The van der Waals surface area contributed by atoms with Gasteiger partial charge in [-0.1, -0.05) is 44.1 Å². The van der Waals surface area contributed by atoms with Crippen LogP contribution >= 0.6 is 12.4 Å². The summed E-state index contributed by atoms with van der Waals surface area (Å²) in [4.78, 5) is 6.98. The van der Waals surface area contributed by atoms with Gasteiger partial charge in [0, 0.05) is 31.2 Å². The second kappa shape index (κ2) is 8.03. The molecule has 2 aromatic heterocycles. The number of nitrogens with one attached hydrogen (secondary N) is 1. The Balaban J connectivity index is 0.00000225. The molecule has 1 N–H and O–H groups in total. The van der Waals surface area contributed by atoms with Crippen LogP contribution in [-0.4, -0.2) is 51.5 Å². The van der Waals surface area contributed by atoms with Crippen LogP contribution in [0.2, 0.25) is 0 Å². The highest BCUT2D eigenvalue weighted by molar-refractivity contribution is 5.85. The van der Waals surface area contributed by atoms with E-state index in [1.165, 1.54) is 0 Å². The number of para-hydroxylation sites is 1. The van der Waals surface area contributed by atoms with Crippen molar-refractivity contribution in [2.75, 3.05) is 26.7 Å². The Kier molecular flexibility index (Phi) is 5.88. The lowest BCUT2D eigenvalue weighted by atomic mass is 9.89. The maximum absolute atomic E-state index is 5.67. The van der Waals surface area contributed by atoms with Gasteiger partial charge in [-0.15, -0.1) is 12.4 Å². The van der Waals surface area contributed by atoms with Crippen LogP contribution < -0.4 is 5.32 Å². The molecule has 28 heavy (non-hydrogen) atoms. The number of nitrogens with zero attached hydrogens (tertiary/aromatic N) is 5. The summed E-state index contributed by atoms with van der Waals surface area (Å²) in [6, 6.07) is 10.2. The largest absolute Gasteiger partial charge is 0.334 e. The Labute approximate surface area is 171 Å². The van der Waals surface area contributed by atoms with Crippen LogP contribution in [0.25, 0.3) is 17.1 Å². The second-order valence-corrected chi connectivity index (χ2v) is 8.08. The first-order valence-electron chi connectivity index (χ1n) is 9.34. The van der Waals surface area contributed by atoms with Crippen molar-refractivity contribution in [2.45, 2.75) is 32.2 Å². The third-order valence-corrected chi connectivity index (χ3v) is 4.93. The van der Waals surface area contributed by atoms with Crippen molar-refractivity contribution in [3.05, 3.63) is 48.0 Å². The number of hydrogen-bond acceptors (Lipinski definition) is 6. The highest BCUT2D eigenvalue weighted by atomic mass is 35.5. The number of aromatic nitrogens is 4. The van der Waals surface area contributed by atoms with E-state index < -0.39 is 0 Å². The van der Waals surface area contributed by atoms with Gasteiger partial charge in [0.1, 0.15) is 0 Å². The molecule has 1 fully saturated rings. The third-order valence-electron chi connectivity index (χ3n) is 4.93. The molecule has 1 unspecified atom stereocenters. The summed E-state index contributed by atoms with van der Waals surface area (Å²) in [6.45, 7) is 9.20. The highest BCUT2D eigenvalue weighted by Gasteiger charge is 2.29. The molecule has 0 bridgehead atoms. The molecule has 3 heterocycles. The standard InChI is InChI=1S/C20H26N6O.ClH/c1-20(2,3)17-15(13-26(23-17)14-8-6-5-7-9-14)19-22-18(24-27-19)16-12-21-10-11-25(16)4;/h5-9,13,16,21H,10-12H2,1-4H3;1H. The van der Waals surface area contributed by atoms with Crippen LogP contribution in [0.5, 0.6) is 0 Å². The molecule has 1 aromatic carbocycles. The third kappa shape index (κ3) is 3.97. The SMILES string of the molecule is CN1CCNCC1c1noc(-c2cn(-c3ccccc3)nc2C(C)(C)C)n1.Cl. The number of halogens is 1. The second-order valence-electron chi connectivity index (χ2n) is 8.08. The lowest BCUT2D eigenvalue weighted by Crippen LogP contribution is -2.44. The maximum atomic E-state index is 5.67. The predicted molar refractivity (Wildman–Crippen MR) is 111 cm³/mol. The van der Waals surface area contributed by atoms with E-state index in [0.717, 1.165) is 36.6 Å². The number of hydrogen-bond donors (Lipinski definition) is 1. The molecule has 1 atom stereocenters. The van der Waals surface area contributed by atoms with E-state index in [1.54, 1.807) is 0 Å². The summed E-state index contributed by atoms with van der Waals surface area (Å²) in [6.07, 6.45) is 1.98. The van der Waals surface area contributed by atoms with Gasteiger partial charge < -0.3 is 9.84 Å². The molecule has 0 aliphatic carbocycles. The minimum Gasteiger partial charge on any atom is -0.334 e. The Hall–Kier alpha value is -2.22. The fraction of sp³-hybridized carbons (Fsp3) is 0.450. The number of benzene rings is 1. The quantitative estimate of drug-likeness (QED) is 0.725. The monoisotopic (exact) mass is 402 g/mol. The van der Waals surface area contributed by atoms with Crippen LogP contribution in [0.15, 0.2) is 41.1 Å². The molecule has 7 nitrogen and oxygen atoms in total. The molecule has 1 saturated heterocycles. The number of likely N-dealkylation sites (N-methyl/N-ethyl adjacent to an activating group) is 1. The average molecular weight is 403 g/mol. The Morgan fingerprint density at radius 1 is 1.18 bits per heavy atom. The fourth-order valence-corrected chi connectivity index (χ4v) is 3.37. The average Bonchev–Trinajstić information content (AvgIpc) is 3.30. The van der Waals surface area contributed by atoms with Crippen molar-refractivity contribution in [3.8, 4) is 17.1 Å². The molecule has 8 heteroatoms. The first-order valence-corrected chi connectivity index (χ1v) is 9.34. The van der Waals surface area contributed by atoms with Gasteiger partial charge in [0.15, 0.2) is 5.82 Å². The minimum absolute atomic E-state index is 0. The summed E-state index contributed by atoms with van der Waals surface area (Å²) in [5.41, 5.74) is 2.69. The fourth-order valence-electron chi connectivity index (χ4n) is 3.37. The van der Waals surface area contributed by atoms with Crippen molar-refractivity contribution in [2.24, 2.45) is 0 Å². The van der Waals surface area contributed by atoms with Gasteiger partial charge in [0.2, 0.25) is 0 Å². The zero-order chi connectivity index (χ0) is 19.0. The Morgan fingerprint density at radius 2 is 1.93 bits per heavy atom. The molecule has 4 rings (SSSR count). The molecule has 3 aromatic rings. The van der Waals surface area contributed by atoms with Gasteiger partial charge >= 0.3 is 0 Å². The summed E-state index contributed by atoms with van der Waals surface area (Å²) in [7, 11) is 2.09. The minimum atomic E-state index is -0.146. The van der Waals surface area contributed by atoms with E-state index in [-0.39, 0.29) is 23.9 Å². The van der Waals surface area contributed by atoms with Gasteiger partial charge in [0.05, 0.1) is 23.0 Å². The smallest absolute Gasteiger partial charge is 0.261 e. The summed E-state index contributed by atoms with van der Waals surface area (Å²) in [5.74, 6) is 1.24. The summed E-state index contributed by atoms with van der Waals surface area (Å²) >= 11 is 0. The summed E-state index contributed by atoms with van der Waals surface area (Å²) < 4.78 is 7.55. The molecule has 1 aliphatic heterocycles. The molecule has 0 saturated carbocycles. The van der Waals surface area contributed by atoms with Crippen LogP contribution in [-0.2, 0) is 5.41 Å². The van der Waals surface area contributed by atoms with Gasteiger partial charge in [-0.3, -0.25) is 4.90 Å². The topological polar surface area (TPSA) is 72.0 Å². The van der Waals surface area contributed by atoms with Crippen molar-refractivity contribution in [1.29, 1.82) is 0 Å². The van der Waals surface area contributed by atoms with E-state index in [0.29, 0.717) is 11.7 Å². The van der Waals surface area contributed by atoms with Gasteiger partial charge in [-0.2, -0.15) is 10.1 Å². The van der Waals surface area contributed by atoms with E-state index in [4.69, 9.17) is 14.6 Å². The molecule has 0 amide bonds. The van der Waals surface area contributed by atoms with Crippen molar-refractivity contribution in [3.63, 3.8) is 0 Å². The van der Waals surface area contributed by atoms with E-state index >= 15 is 0 Å². The predicted octanol–water partition coefficient (Wildman–Crippen LogP) is 3.22. The first kappa shape index (κ1) is 20.5. The van der Waals surface area contributed by atoms with E-state index in [1.807, 2.05) is 41.2 Å². The molecule has 1 aliphatic rings. The summed E-state index contributed by atoms with van der Waals surface area (Å²) in [5, 5.41) is 12.5. The molecular formula is C20H27ClN6O. The molecule has 150 valence electrons. The highest BCUT2D eigenvalue weighted by Crippen LogP contribution is 2.33. The molecule has 0 spiro atoms. The van der Waals surface area contributed by atoms with Crippen molar-refractivity contribution < 1.29 is 4.52 Å². The maximum Gasteiger partial charge on any atom is 0.261 e. The first-order chi connectivity index (χ1) is 12.9. The number of rotatable bonds is 3. The van der Waals surface area contributed by atoms with Crippen LogP contribution in [0, 0.1) is 0 Å². The number of piperazine rings is 1. The molecule has 0 radical (unpaired) electrons. The van der Waals surface area contributed by atoms with Crippen LogP contribution in [0.1, 0.15) is 38.3 Å². The Bertz CT molecular complexity index is 914. The lowest BCUT2D eigenvalue weighted by Gasteiger charge is -2.30. The van der Waals surface area contributed by atoms with Gasteiger partial charge in [0.25, 0.3) is 5.89 Å². The zero-order valence-electron chi connectivity index (χ0n) is 16.7. The van der Waals surface area contributed by atoms with Gasteiger partial charge in [-0.25, -0.2) is 4.68 Å². The van der Waals surface area contributed by atoms with E-state index in [2.05, 4.69) is 43.2 Å². The molecular weight excluding hydrogens is 376 g/mol. The van der Waals surface area contributed by atoms with Crippen LogP contribution in [0.3, 0.4) is 0 Å². The van der Waals surface area contributed by atoms with Crippen molar-refractivity contribution >= 4 is 12.4 Å². The van der Waals surface area contributed by atoms with Gasteiger partial charge in [-0.05, 0) is 19.2 Å². The zero-order valence-corrected chi connectivity index (χ0v) is 17.5. The van der Waals surface area contributed by atoms with E-state index in [9.17, 15) is 0 Å². The lowest BCUT2D eigenvalue weighted by molar-refractivity contribution is 0.190. The normalized spacial score (nSPS) is 18.1. The van der Waals surface area contributed by atoms with Crippen molar-refractivity contribution in [1.82, 2.24) is 30.1 Å².